The van der Waals surface area contributed by atoms with Crippen LogP contribution in [0.3, 0.4) is 0 Å². The van der Waals surface area contributed by atoms with Crippen LogP contribution in [0.4, 0.5) is 0 Å². The van der Waals surface area contributed by atoms with Crippen molar-refractivity contribution in [3.63, 3.8) is 0 Å². The van der Waals surface area contributed by atoms with Crippen molar-refractivity contribution < 1.29 is 33.0 Å². The van der Waals surface area contributed by atoms with Gasteiger partial charge in [0.05, 0.1) is 18.8 Å². The summed E-state index contributed by atoms with van der Waals surface area (Å²) in [4.78, 5) is 38.9. The normalized spacial score (nSPS) is 24.4. The zero-order chi connectivity index (χ0) is 29.6. The van der Waals surface area contributed by atoms with Crippen LogP contribution in [0.2, 0.25) is 0 Å². The number of nitrogens with zero attached hydrogens (tertiary/aromatic N) is 1. The second kappa shape index (κ2) is 13.0. The molecule has 0 amide bonds. The Morgan fingerprint density at radius 3 is 2.46 bits per heavy atom. The second-order valence-electron chi connectivity index (χ2n) is 9.62. The van der Waals surface area contributed by atoms with Crippen molar-refractivity contribution in [3.8, 4) is 0 Å². The molecule has 3 aromatic rings. The zero-order valence-electron chi connectivity index (χ0n) is 22.5. The van der Waals surface area contributed by atoms with Gasteiger partial charge in [0.2, 0.25) is 0 Å². The van der Waals surface area contributed by atoms with Gasteiger partial charge in [0.15, 0.2) is 12.3 Å². The molecule has 5 N–H and O–H groups in total. The number of nitrogens with two attached hydrogens (primary N) is 1. The number of carbonyl (C=O) groups excluding carboxylic acids is 1. The van der Waals surface area contributed by atoms with Gasteiger partial charge in [-0.25, -0.2) is 19.2 Å². The highest BCUT2D eigenvalue weighted by atomic mass is 31.2. The first-order valence-corrected chi connectivity index (χ1v) is 14.5. The van der Waals surface area contributed by atoms with E-state index >= 15 is 0 Å². The van der Waals surface area contributed by atoms with Gasteiger partial charge in [0.1, 0.15) is 12.2 Å². The molecule has 1 aliphatic rings. The second-order valence-corrected chi connectivity index (χ2v) is 11.4. The van der Waals surface area contributed by atoms with E-state index < -0.39 is 61.7 Å². The Kier molecular flexibility index (Phi) is 9.72. The minimum absolute atomic E-state index is 0.0561. The molecule has 1 saturated heterocycles. The molecule has 41 heavy (non-hydrogen) atoms. The van der Waals surface area contributed by atoms with Gasteiger partial charge < -0.3 is 20.3 Å². The number of H-pyrrole nitrogens is 1. The van der Waals surface area contributed by atoms with E-state index in [9.17, 15) is 24.1 Å². The third kappa shape index (κ3) is 7.27. The highest BCUT2D eigenvalue weighted by Crippen LogP contribution is 2.50. The van der Waals surface area contributed by atoms with E-state index in [4.69, 9.17) is 24.3 Å². The minimum atomic E-state index is -4.31. The average Bonchev–Trinajstić information content (AvgIpc) is 3.18. The Morgan fingerprint density at radius 1 is 1.17 bits per heavy atom. The van der Waals surface area contributed by atoms with E-state index in [0.717, 1.165) is 16.2 Å². The molecular formula is C27H33N4O9P. The molecule has 0 bridgehead atoms. The molecule has 2 unspecified atom stereocenters. The molecular weight excluding hydrogens is 555 g/mol. The Balaban J connectivity index is 1.58. The summed E-state index contributed by atoms with van der Waals surface area (Å²) in [6.07, 6.45) is -3.94. The number of nitrogens with one attached hydrogen (secondary N) is 2. The van der Waals surface area contributed by atoms with E-state index in [2.05, 4.69) is 10.1 Å². The van der Waals surface area contributed by atoms with Crippen LogP contribution in [-0.2, 0) is 34.4 Å². The van der Waals surface area contributed by atoms with Crippen LogP contribution >= 0.6 is 7.75 Å². The number of hydrogen-bond acceptors (Lipinski definition) is 10. The van der Waals surface area contributed by atoms with Gasteiger partial charge in [-0.05, 0) is 25.0 Å². The van der Waals surface area contributed by atoms with Crippen molar-refractivity contribution >= 4 is 13.7 Å². The summed E-state index contributed by atoms with van der Waals surface area (Å²) in [6, 6.07) is 18.5. The van der Waals surface area contributed by atoms with Gasteiger partial charge in [-0.3, -0.25) is 23.4 Å². The first-order chi connectivity index (χ1) is 19.5. The molecule has 0 saturated carbocycles. The van der Waals surface area contributed by atoms with Crippen LogP contribution in [-0.4, -0.2) is 51.6 Å². The molecule has 1 aliphatic heterocycles. The van der Waals surface area contributed by atoms with Crippen molar-refractivity contribution in [2.45, 2.75) is 50.5 Å². The lowest BCUT2D eigenvalue weighted by Gasteiger charge is -2.28. The van der Waals surface area contributed by atoms with Gasteiger partial charge >= 0.3 is 19.4 Å². The van der Waals surface area contributed by atoms with E-state index in [-0.39, 0.29) is 13.2 Å². The van der Waals surface area contributed by atoms with Crippen molar-refractivity contribution in [2.24, 2.45) is 5.73 Å². The highest BCUT2D eigenvalue weighted by molar-refractivity contribution is 7.51. The summed E-state index contributed by atoms with van der Waals surface area (Å²) in [6.45, 7) is 2.73. The van der Waals surface area contributed by atoms with Crippen molar-refractivity contribution in [1.82, 2.24) is 14.6 Å². The zero-order valence-corrected chi connectivity index (χ0v) is 23.4. The van der Waals surface area contributed by atoms with Crippen LogP contribution in [0.15, 0.2) is 82.5 Å². The number of aromatic nitrogens is 2. The maximum Gasteiger partial charge on any atom is 0.407 e. The predicted octanol–water partition coefficient (Wildman–Crippen LogP) is 1.75. The van der Waals surface area contributed by atoms with E-state index in [0.29, 0.717) is 5.56 Å². The summed E-state index contributed by atoms with van der Waals surface area (Å²) in [5.74, 6) is -0.770. The van der Waals surface area contributed by atoms with Crippen LogP contribution in [0.25, 0.3) is 0 Å². The first kappa shape index (κ1) is 30.5. The van der Waals surface area contributed by atoms with Gasteiger partial charge in [-0.15, -0.1) is 0 Å². The molecule has 2 heterocycles. The number of aromatic amines is 1. The predicted molar refractivity (Wildman–Crippen MR) is 148 cm³/mol. The fraction of sp³-hybridized carbons (Fsp3) is 0.370. The minimum Gasteiger partial charge on any atom is -0.464 e. The number of rotatable bonds is 12. The molecule has 0 spiro atoms. The Hall–Kier alpha value is -3.42. The lowest BCUT2D eigenvalue weighted by atomic mass is 9.93. The third-order valence-electron chi connectivity index (χ3n) is 6.50. The topological polar surface area (TPSA) is 184 Å². The molecule has 6 atom stereocenters. The third-order valence-corrected chi connectivity index (χ3v) is 8.03. The fourth-order valence-electron chi connectivity index (χ4n) is 4.33. The maximum atomic E-state index is 14.1. The van der Waals surface area contributed by atoms with E-state index in [1.807, 2.05) is 6.07 Å². The number of ether oxygens (including phenoxy) is 2. The van der Waals surface area contributed by atoms with Gasteiger partial charge in [-0.2, -0.15) is 0 Å². The number of hydrogen-bond donors (Lipinski definition) is 4. The molecule has 4 rings (SSSR count). The molecule has 1 aromatic heterocycles. The monoisotopic (exact) mass is 588 g/mol. The molecule has 14 heteroatoms. The Labute approximate surface area is 235 Å². The maximum absolute atomic E-state index is 14.1. The number of carbonyl (C=O) groups is 1. The molecule has 13 nitrogen and oxygen atoms in total. The smallest absolute Gasteiger partial charge is 0.407 e. The molecule has 0 radical (unpaired) electrons. The van der Waals surface area contributed by atoms with Crippen LogP contribution in [0, 0.1) is 0 Å². The van der Waals surface area contributed by atoms with Crippen molar-refractivity contribution in [3.05, 3.63) is 105 Å². The molecule has 220 valence electrons. The number of aliphatic hydroxyl groups is 1. The van der Waals surface area contributed by atoms with Gasteiger partial charge in [-0.1, -0.05) is 60.7 Å². The Bertz CT molecular complexity index is 1480. The van der Waals surface area contributed by atoms with Crippen LogP contribution in [0.1, 0.15) is 37.3 Å². The summed E-state index contributed by atoms with van der Waals surface area (Å²) in [5, 5.41) is 13.7. The quantitative estimate of drug-likeness (QED) is 0.179. The summed E-state index contributed by atoms with van der Waals surface area (Å²) < 4.78 is 37.8. The molecule has 2 aromatic carbocycles. The number of aliphatic hydroxyl groups excluding tert-OH is 1. The van der Waals surface area contributed by atoms with Crippen molar-refractivity contribution in [1.29, 1.82) is 0 Å². The number of esters is 1. The summed E-state index contributed by atoms with van der Waals surface area (Å²) in [7, 11) is -4.31. The van der Waals surface area contributed by atoms with E-state index in [1.165, 1.54) is 13.1 Å². The number of benzene rings is 2. The van der Waals surface area contributed by atoms with Crippen LogP contribution < -0.4 is 22.1 Å². The molecule has 1 fully saturated rings. The van der Waals surface area contributed by atoms with Crippen LogP contribution in [0.5, 0.6) is 0 Å². The molecule has 0 aliphatic carbocycles. The van der Waals surface area contributed by atoms with Gasteiger partial charge in [0.25, 0.3) is 5.56 Å². The standard InChI is InChI=1S/C27H33N4O9P/c1-3-37-24(34)22(19-12-8-5-9-13-19)40-41(36,29-16-18-10-6-4-7-11-18)38-17-20-23(33)27(2,28)25(39-20)31-15-14-21(32)30-26(31)35/h4-15,20,22-23,25,33H,3,16-17,28H2,1-2H3,(H,29,36)(H,30,32,35)/t20-,22?,23-,25-,27-,41?/m1/s1. The summed E-state index contributed by atoms with van der Waals surface area (Å²) in [5.41, 5.74) is 4.59. The first-order valence-electron chi connectivity index (χ1n) is 12.9. The lowest BCUT2D eigenvalue weighted by Crippen LogP contribution is -2.53. The van der Waals surface area contributed by atoms with E-state index in [1.54, 1.807) is 61.5 Å². The fourth-order valence-corrected chi connectivity index (χ4v) is 5.77. The lowest BCUT2D eigenvalue weighted by molar-refractivity contribution is -0.152. The van der Waals surface area contributed by atoms with Crippen molar-refractivity contribution in [2.75, 3.05) is 13.2 Å². The summed E-state index contributed by atoms with van der Waals surface area (Å²) >= 11 is 0. The SMILES string of the molecule is CCOC(=O)C(OP(=O)(NCc1ccccc1)OC[C@H]1O[C@@H](n2ccc(=O)[nH]c2=O)[C@](C)(N)[C@@H]1O)c1ccccc1. The van der Waals surface area contributed by atoms with Gasteiger partial charge in [0, 0.05) is 18.8 Å². The Morgan fingerprint density at radius 2 is 1.83 bits per heavy atom. The average molecular weight is 589 g/mol. The highest BCUT2D eigenvalue weighted by Gasteiger charge is 2.52. The largest absolute Gasteiger partial charge is 0.464 e.